The van der Waals surface area contributed by atoms with E-state index in [1.165, 1.54) is 0 Å². The van der Waals surface area contributed by atoms with Crippen molar-refractivity contribution in [2.75, 3.05) is 13.1 Å². The molecule has 0 bridgehead atoms. The molecule has 1 saturated heterocycles. The first-order chi connectivity index (χ1) is 19.5. The van der Waals surface area contributed by atoms with Gasteiger partial charge in [0.1, 0.15) is 18.2 Å². The summed E-state index contributed by atoms with van der Waals surface area (Å²) in [7, 11) is 0. The van der Waals surface area contributed by atoms with Crippen LogP contribution in [0.2, 0.25) is 0 Å². The summed E-state index contributed by atoms with van der Waals surface area (Å²) in [6.07, 6.45) is 8.72. The number of esters is 1. The van der Waals surface area contributed by atoms with Crippen molar-refractivity contribution in [1.82, 2.24) is 20.4 Å². The van der Waals surface area contributed by atoms with Gasteiger partial charge < -0.3 is 19.7 Å². The third kappa shape index (κ3) is 8.09. The maximum absolute atomic E-state index is 14.0. The number of carbonyl (C=O) groups is 4. The van der Waals surface area contributed by atoms with Crippen molar-refractivity contribution in [3.63, 3.8) is 0 Å². The highest BCUT2D eigenvalue weighted by Crippen LogP contribution is 2.33. The fourth-order valence-corrected chi connectivity index (χ4v) is 5.87. The molecule has 4 unspecified atom stereocenters. The van der Waals surface area contributed by atoms with Gasteiger partial charge in [0.25, 0.3) is 0 Å². The number of benzene rings is 1. The van der Waals surface area contributed by atoms with E-state index in [9.17, 15) is 19.2 Å². The average molecular weight is 569 g/mol. The molecule has 3 amide bonds. The molecule has 10 nitrogen and oxygen atoms in total. The van der Waals surface area contributed by atoms with Crippen molar-refractivity contribution in [1.29, 1.82) is 0 Å². The summed E-state index contributed by atoms with van der Waals surface area (Å²) in [5, 5.41) is 5.92. The fourth-order valence-electron chi connectivity index (χ4n) is 5.87. The zero-order chi connectivity index (χ0) is 29.6. The molecule has 0 radical (unpaired) electrons. The Kier molecular flexibility index (Phi) is 10.1. The van der Waals surface area contributed by atoms with Gasteiger partial charge in [0.05, 0.1) is 24.7 Å². The van der Waals surface area contributed by atoms with Gasteiger partial charge in [-0.05, 0) is 64.5 Å². The molecule has 1 aromatic carbocycles. The van der Waals surface area contributed by atoms with Gasteiger partial charge in [0.2, 0.25) is 11.8 Å². The van der Waals surface area contributed by atoms with Crippen molar-refractivity contribution in [2.24, 2.45) is 5.92 Å². The van der Waals surface area contributed by atoms with Crippen molar-refractivity contribution in [3.8, 4) is 0 Å². The summed E-state index contributed by atoms with van der Waals surface area (Å²) in [5.41, 5.74) is 0.300. The van der Waals surface area contributed by atoms with E-state index in [1.807, 2.05) is 36.4 Å². The molecule has 0 aromatic heterocycles. The number of amides is 3. The molecule has 41 heavy (non-hydrogen) atoms. The first-order valence-electron chi connectivity index (χ1n) is 14.8. The lowest BCUT2D eigenvalue weighted by molar-refractivity contribution is -0.153. The molecule has 4 rings (SSSR count). The fraction of sp³-hybridized carbons (Fsp3) is 0.613. The highest BCUT2D eigenvalue weighted by molar-refractivity contribution is 5.91. The van der Waals surface area contributed by atoms with Crippen molar-refractivity contribution in [2.45, 2.75) is 103 Å². The van der Waals surface area contributed by atoms with Crippen molar-refractivity contribution < 1.29 is 28.7 Å². The Hall–Kier alpha value is -3.40. The molecular weight excluding hydrogens is 524 g/mol. The molecule has 1 aromatic rings. The largest absolute Gasteiger partial charge is 0.459 e. The number of likely N-dealkylation sites (tertiary alicyclic amines) is 1. The van der Waals surface area contributed by atoms with Gasteiger partial charge in [0.15, 0.2) is 0 Å². The van der Waals surface area contributed by atoms with Gasteiger partial charge in [0, 0.05) is 12.7 Å². The zero-order valence-corrected chi connectivity index (χ0v) is 24.6. The minimum Gasteiger partial charge on any atom is -0.459 e. The Balaban J connectivity index is 1.37. The Morgan fingerprint density at radius 1 is 1.02 bits per heavy atom. The summed E-state index contributed by atoms with van der Waals surface area (Å²) in [5.74, 6) is -0.917. The predicted octanol–water partition coefficient (Wildman–Crippen LogP) is 3.51. The smallest absolute Gasteiger partial charge is 0.410 e. The van der Waals surface area contributed by atoms with Crippen LogP contribution in [0.5, 0.6) is 0 Å². The lowest BCUT2D eigenvalue weighted by atomic mass is 9.83. The molecule has 2 N–H and O–H groups in total. The van der Waals surface area contributed by atoms with Crippen LogP contribution < -0.4 is 10.6 Å². The molecule has 3 aliphatic rings. The third-order valence-corrected chi connectivity index (χ3v) is 7.97. The lowest BCUT2D eigenvalue weighted by Gasteiger charge is -2.35. The second-order valence-electron chi connectivity index (χ2n) is 12.2. The van der Waals surface area contributed by atoms with E-state index in [0.29, 0.717) is 13.0 Å². The molecule has 224 valence electrons. The lowest BCUT2D eigenvalue weighted by Crippen LogP contribution is -2.57. The standard InChI is InChI=1S/C31H44N4O6/c1-21(32-19-26(36)41-31(2,3)4)28(37)33-27(23-13-9-6-10-14-23)29(38)34-17-15-25-24(34)16-18-35(25)30(39)40-20-22-11-7-5-8-12-22/h5,7-8,11-12,15,17,21,23-25,27,32H,6,9-10,13-14,16,18-20H2,1-4H3,(H,33,37). The summed E-state index contributed by atoms with van der Waals surface area (Å²) >= 11 is 0. The van der Waals surface area contributed by atoms with Crippen LogP contribution in [0.1, 0.15) is 71.8 Å². The maximum Gasteiger partial charge on any atom is 0.410 e. The number of nitrogens with one attached hydrogen (secondary N) is 2. The molecule has 4 atom stereocenters. The predicted molar refractivity (Wildman–Crippen MR) is 153 cm³/mol. The third-order valence-electron chi connectivity index (χ3n) is 7.97. The quantitative estimate of drug-likeness (QED) is 0.438. The summed E-state index contributed by atoms with van der Waals surface area (Å²) in [6, 6.07) is 7.69. The van der Waals surface area contributed by atoms with E-state index in [-0.39, 0.29) is 43.0 Å². The first kappa shape index (κ1) is 30.6. The SMILES string of the molecule is CC(NCC(=O)OC(C)(C)C)C(=O)NC(C(=O)N1C=CC2C1CCN2C(=O)OCc1ccccc1)C1CCCCC1. The van der Waals surface area contributed by atoms with Crippen LogP contribution in [0, 0.1) is 5.92 Å². The second-order valence-corrected chi connectivity index (χ2v) is 12.2. The van der Waals surface area contributed by atoms with Gasteiger partial charge in [-0.2, -0.15) is 0 Å². The van der Waals surface area contributed by atoms with Crippen LogP contribution in [-0.2, 0) is 30.5 Å². The van der Waals surface area contributed by atoms with Crippen molar-refractivity contribution >= 4 is 23.9 Å². The van der Waals surface area contributed by atoms with E-state index in [4.69, 9.17) is 9.47 Å². The Labute approximate surface area is 242 Å². The number of fused-ring (bicyclic) bond motifs is 1. The first-order valence-corrected chi connectivity index (χ1v) is 14.8. The normalized spacial score (nSPS) is 22.1. The number of ether oxygens (including phenoxy) is 2. The molecule has 2 fully saturated rings. The van der Waals surface area contributed by atoms with E-state index in [2.05, 4.69) is 10.6 Å². The topological polar surface area (TPSA) is 117 Å². The van der Waals surface area contributed by atoms with Gasteiger partial charge in [-0.15, -0.1) is 0 Å². The Morgan fingerprint density at radius 2 is 1.73 bits per heavy atom. The van der Waals surface area contributed by atoms with E-state index in [0.717, 1.165) is 37.7 Å². The van der Waals surface area contributed by atoms with E-state index < -0.39 is 29.7 Å². The molecule has 0 spiro atoms. The van der Waals surface area contributed by atoms with Crippen LogP contribution in [-0.4, -0.2) is 76.5 Å². The van der Waals surface area contributed by atoms with Gasteiger partial charge >= 0.3 is 12.1 Å². The summed E-state index contributed by atoms with van der Waals surface area (Å²) in [6.45, 7) is 7.60. The highest BCUT2D eigenvalue weighted by atomic mass is 16.6. The molecule has 2 aliphatic heterocycles. The zero-order valence-electron chi connectivity index (χ0n) is 24.6. The van der Waals surface area contributed by atoms with Crippen LogP contribution in [0.15, 0.2) is 42.6 Å². The van der Waals surface area contributed by atoms with Crippen molar-refractivity contribution in [3.05, 3.63) is 48.2 Å². The molecule has 1 aliphatic carbocycles. The van der Waals surface area contributed by atoms with Crippen LogP contribution >= 0.6 is 0 Å². The second kappa shape index (κ2) is 13.5. The van der Waals surface area contributed by atoms with E-state index >= 15 is 0 Å². The minimum atomic E-state index is -0.690. The number of hydrogen-bond acceptors (Lipinski definition) is 7. The van der Waals surface area contributed by atoms with Crippen LogP contribution in [0.25, 0.3) is 0 Å². The number of carbonyl (C=O) groups excluding carboxylic acids is 4. The van der Waals surface area contributed by atoms with Gasteiger partial charge in [-0.3, -0.25) is 24.6 Å². The number of nitrogens with zero attached hydrogens (tertiary/aromatic N) is 2. The molecule has 1 saturated carbocycles. The average Bonchev–Trinajstić information content (AvgIpc) is 3.55. The minimum absolute atomic E-state index is 0.0269. The Bertz CT molecular complexity index is 1110. The number of hydrogen-bond donors (Lipinski definition) is 2. The van der Waals surface area contributed by atoms with Gasteiger partial charge in [-0.1, -0.05) is 49.6 Å². The Morgan fingerprint density at radius 3 is 2.41 bits per heavy atom. The monoisotopic (exact) mass is 568 g/mol. The molecule has 2 heterocycles. The molecule has 10 heteroatoms. The van der Waals surface area contributed by atoms with Gasteiger partial charge in [-0.25, -0.2) is 4.79 Å². The molecular formula is C31H44N4O6. The highest BCUT2D eigenvalue weighted by Gasteiger charge is 2.46. The van der Waals surface area contributed by atoms with E-state index in [1.54, 1.807) is 43.7 Å². The number of rotatable bonds is 9. The van der Waals surface area contributed by atoms with Crippen LogP contribution in [0.3, 0.4) is 0 Å². The summed E-state index contributed by atoms with van der Waals surface area (Å²) in [4.78, 5) is 55.6. The van der Waals surface area contributed by atoms with Crippen LogP contribution in [0.4, 0.5) is 4.79 Å². The summed E-state index contributed by atoms with van der Waals surface area (Å²) < 4.78 is 10.9. The maximum atomic E-state index is 14.0.